The first kappa shape index (κ1) is 20.7. The molecule has 0 spiro atoms. The normalized spacial score (nSPS) is 35.4. The summed E-state index contributed by atoms with van der Waals surface area (Å²) in [6, 6.07) is 0. The molecule has 0 aromatic carbocycles. The molecule has 6 aliphatic carbocycles. The zero-order valence-electron chi connectivity index (χ0n) is 17.7. The summed E-state index contributed by atoms with van der Waals surface area (Å²) >= 11 is 0. The van der Waals surface area contributed by atoms with E-state index in [4.69, 9.17) is 9.47 Å². The summed E-state index contributed by atoms with van der Waals surface area (Å²) in [4.78, 5) is 25.3. The zero-order valence-corrected chi connectivity index (χ0v) is 17.7. The Kier molecular flexibility index (Phi) is 6.53. The first-order chi connectivity index (χ1) is 12.9. The van der Waals surface area contributed by atoms with Crippen LogP contribution in [0, 0.1) is 35.5 Å². The van der Waals surface area contributed by atoms with Crippen molar-refractivity contribution in [3.8, 4) is 0 Å². The van der Waals surface area contributed by atoms with Crippen LogP contribution in [0.5, 0.6) is 0 Å². The maximum atomic E-state index is 12.8. The maximum Gasteiger partial charge on any atom is 0.310 e. The predicted octanol–water partition coefficient (Wildman–Crippen LogP) is 5.14. The minimum absolute atomic E-state index is 0.0212. The summed E-state index contributed by atoms with van der Waals surface area (Å²) in [5, 5.41) is 0. The lowest BCUT2D eigenvalue weighted by Gasteiger charge is -2.51. The van der Waals surface area contributed by atoms with E-state index in [0.717, 1.165) is 51.4 Å². The molecule has 4 heteroatoms. The summed E-state index contributed by atoms with van der Waals surface area (Å²) in [5.41, 5.74) is -0.367. The van der Waals surface area contributed by atoms with Gasteiger partial charge in [-0.2, -0.15) is 0 Å². The number of carbonyl (C=O) groups excluding carboxylic acids is 2. The van der Waals surface area contributed by atoms with Gasteiger partial charge in [-0.25, -0.2) is 0 Å². The quantitative estimate of drug-likeness (QED) is 0.455. The molecule has 6 aliphatic rings. The highest BCUT2D eigenvalue weighted by atomic mass is 16.6. The molecular weight excluding hydrogens is 340 g/mol. The molecule has 0 heterocycles. The molecule has 6 rings (SSSR count). The van der Waals surface area contributed by atoms with Crippen LogP contribution in [0.3, 0.4) is 0 Å². The smallest absolute Gasteiger partial charge is 0.310 e. The van der Waals surface area contributed by atoms with Crippen LogP contribution >= 0.6 is 0 Å². The average molecular weight is 379 g/mol. The predicted molar refractivity (Wildman–Crippen MR) is 105 cm³/mol. The van der Waals surface area contributed by atoms with Gasteiger partial charge in [-0.3, -0.25) is 9.59 Å². The molecule has 4 unspecified atom stereocenters. The molecule has 4 bridgehead atoms. The number of hydrogen-bond donors (Lipinski definition) is 0. The van der Waals surface area contributed by atoms with Crippen molar-refractivity contribution in [2.75, 3.05) is 6.61 Å². The number of esters is 2. The summed E-state index contributed by atoms with van der Waals surface area (Å²) in [6.45, 7) is 8.75. The van der Waals surface area contributed by atoms with Gasteiger partial charge in [0, 0.05) is 0 Å². The number of rotatable bonds is 7. The van der Waals surface area contributed by atoms with Crippen LogP contribution in [0.2, 0.25) is 0 Å². The first-order valence-electron chi connectivity index (χ1n) is 11.3. The molecular formula is C23H38O4. The molecule has 0 aromatic rings. The lowest BCUT2D eigenvalue weighted by Crippen LogP contribution is -2.49. The van der Waals surface area contributed by atoms with Gasteiger partial charge in [0.2, 0.25) is 0 Å². The van der Waals surface area contributed by atoms with E-state index in [-0.39, 0.29) is 29.4 Å². The van der Waals surface area contributed by atoms with Crippen LogP contribution in [0.15, 0.2) is 0 Å². The van der Waals surface area contributed by atoms with Gasteiger partial charge < -0.3 is 9.47 Å². The highest BCUT2D eigenvalue weighted by Gasteiger charge is 2.52. The summed E-state index contributed by atoms with van der Waals surface area (Å²) in [6.07, 6.45) is 9.41. The number of ether oxygens (including phenoxy) is 2. The van der Waals surface area contributed by atoms with E-state index >= 15 is 0 Å². The van der Waals surface area contributed by atoms with Gasteiger partial charge in [-0.1, -0.05) is 20.3 Å². The summed E-state index contributed by atoms with van der Waals surface area (Å²) < 4.78 is 11.4. The zero-order chi connectivity index (χ0) is 19.6. The Labute approximate surface area is 164 Å². The van der Waals surface area contributed by atoms with Crippen LogP contribution in [-0.4, -0.2) is 24.1 Å². The van der Waals surface area contributed by atoms with E-state index in [9.17, 15) is 9.59 Å². The molecule has 0 N–H and O–H groups in total. The Bertz CT molecular complexity index is 520. The van der Waals surface area contributed by atoms with Gasteiger partial charge in [0.1, 0.15) is 5.60 Å². The van der Waals surface area contributed by atoms with Gasteiger partial charge in [0.05, 0.1) is 18.4 Å². The Balaban J connectivity index is 1.57. The third kappa shape index (κ3) is 4.51. The fourth-order valence-corrected chi connectivity index (χ4v) is 5.38. The lowest BCUT2D eigenvalue weighted by molar-refractivity contribution is -0.176. The van der Waals surface area contributed by atoms with Gasteiger partial charge in [-0.15, -0.1) is 0 Å². The Hall–Kier alpha value is -1.06. The lowest BCUT2D eigenvalue weighted by atomic mass is 9.54. The van der Waals surface area contributed by atoms with E-state index in [1.54, 1.807) is 0 Å². The van der Waals surface area contributed by atoms with Crippen LogP contribution < -0.4 is 0 Å². The largest absolute Gasteiger partial charge is 0.465 e. The Morgan fingerprint density at radius 3 is 1.78 bits per heavy atom. The molecule has 0 radical (unpaired) electrons. The van der Waals surface area contributed by atoms with E-state index in [1.165, 1.54) is 6.42 Å². The van der Waals surface area contributed by atoms with Crippen molar-refractivity contribution in [2.45, 2.75) is 91.1 Å². The number of hydrogen-bond acceptors (Lipinski definition) is 4. The first-order valence-corrected chi connectivity index (χ1v) is 11.3. The highest BCUT2D eigenvalue weighted by Crippen LogP contribution is 2.54. The van der Waals surface area contributed by atoms with E-state index < -0.39 is 0 Å². The molecule has 154 valence electrons. The van der Waals surface area contributed by atoms with Crippen LogP contribution in [0.4, 0.5) is 0 Å². The molecule has 0 amide bonds. The van der Waals surface area contributed by atoms with E-state index in [2.05, 4.69) is 13.8 Å². The topological polar surface area (TPSA) is 52.6 Å². The van der Waals surface area contributed by atoms with Crippen molar-refractivity contribution in [3.05, 3.63) is 0 Å². The van der Waals surface area contributed by atoms with Crippen molar-refractivity contribution in [3.63, 3.8) is 0 Å². The van der Waals surface area contributed by atoms with E-state index in [0.29, 0.717) is 30.3 Å². The molecule has 4 atom stereocenters. The Morgan fingerprint density at radius 2 is 1.33 bits per heavy atom. The van der Waals surface area contributed by atoms with Crippen molar-refractivity contribution in [1.29, 1.82) is 0 Å². The molecule has 27 heavy (non-hydrogen) atoms. The maximum absolute atomic E-state index is 12.8. The second-order valence-electron chi connectivity index (χ2n) is 9.77. The van der Waals surface area contributed by atoms with Crippen molar-refractivity contribution < 1.29 is 19.1 Å². The number of carbonyl (C=O) groups is 2. The van der Waals surface area contributed by atoms with Crippen molar-refractivity contribution in [2.24, 2.45) is 35.5 Å². The third-order valence-electron chi connectivity index (χ3n) is 7.57. The average Bonchev–Trinajstić information content (AvgIpc) is 2.58. The van der Waals surface area contributed by atoms with Gasteiger partial charge in [-0.05, 0) is 88.9 Å². The van der Waals surface area contributed by atoms with Crippen LogP contribution in [0.25, 0.3) is 0 Å². The molecule has 6 saturated carbocycles. The fourth-order valence-electron chi connectivity index (χ4n) is 5.38. The van der Waals surface area contributed by atoms with Gasteiger partial charge >= 0.3 is 11.9 Å². The minimum Gasteiger partial charge on any atom is -0.465 e. The molecule has 0 aliphatic heterocycles. The van der Waals surface area contributed by atoms with E-state index in [1.807, 2.05) is 13.8 Å². The SMILES string of the molecule is CCCCOC(=O)C1C2CCC3CC(CCC1C2)C3C(=O)OC(C)(C)CC. The van der Waals surface area contributed by atoms with Crippen molar-refractivity contribution >= 4 is 11.9 Å². The van der Waals surface area contributed by atoms with Gasteiger partial charge in [0.15, 0.2) is 0 Å². The minimum atomic E-state index is -0.367. The molecule has 4 nitrogen and oxygen atoms in total. The summed E-state index contributed by atoms with van der Waals surface area (Å²) in [7, 11) is 0. The van der Waals surface area contributed by atoms with Crippen LogP contribution in [-0.2, 0) is 19.1 Å². The molecule has 0 aromatic heterocycles. The number of unbranched alkanes of at least 4 members (excludes halogenated alkanes) is 1. The molecule has 6 fully saturated rings. The fraction of sp³-hybridized carbons (Fsp3) is 0.913. The Morgan fingerprint density at radius 1 is 0.852 bits per heavy atom. The highest BCUT2D eigenvalue weighted by molar-refractivity contribution is 5.75. The molecule has 0 saturated heterocycles. The summed E-state index contributed by atoms with van der Waals surface area (Å²) in [5.74, 6) is 2.09. The standard InChI is InChI=1S/C23H38O4/c1-5-7-12-26-21(24)19-15-8-10-17-14-18(11-9-16(19)13-15)20(17)22(25)27-23(3,4)6-2/h15-20H,5-14H2,1-4H3. The second kappa shape index (κ2) is 8.53. The third-order valence-corrected chi connectivity index (χ3v) is 7.57. The van der Waals surface area contributed by atoms with Crippen molar-refractivity contribution in [1.82, 2.24) is 0 Å². The van der Waals surface area contributed by atoms with Crippen LogP contribution in [0.1, 0.15) is 85.5 Å². The van der Waals surface area contributed by atoms with Gasteiger partial charge in [0.25, 0.3) is 0 Å². The monoisotopic (exact) mass is 378 g/mol. The second-order valence-corrected chi connectivity index (χ2v) is 9.77.